The maximum atomic E-state index is 5.42. The van der Waals surface area contributed by atoms with Gasteiger partial charge in [-0.15, -0.1) is 0 Å². The van der Waals surface area contributed by atoms with Crippen LogP contribution in [0.15, 0.2) is 29.5 Å². The van der Waals surface area contributed by atoms with Crippen molar-refractivity contribution in [2.24, 2.45) is 4.99 Å². The maximum absolute atomic E-state index is 5.42. The summed E-state index contributed by atoms with van der Waals surface area (Å²) in [4.78, 5) is 11.5. The molecule has 0 amide bonds. The van der Waals surface area contributed by atoms with E-state index in [1.807, 2.05) is 0 Å². The van der Waals surface area contributed by atoms with Gasteiger partial charge in [0.05, 0.1) is 7.11 Å². The second-order valence-corrected chi connectivity index (χ2v) is 6.92. The van der Waals surface area contributed by atoms with E-state index in [9.17, 15) is 0 Å². The number of rotatable bonds is 6. The molecule has 0 spiro atoms. The van der Waals surface area contributed by atoms with Gasteiger partial charge in [-0.2, -0.15) is 5.10 Å². The van der Waals surface area contributed by atoms with Crippen LogP contribution in [0.2, 0.25) is 0 Å². The third-order valence-corrected chi connectivity index (χ3v) is 5.08. The minimum atomic E-state index is 0.464. The van der Waals surface area contributed by atoms with E-state index in [1.54, 1.807) is 13.4 Å². The number of hydrogen-bond acceptors (Lipinski definition) is 4. The van der Waals surface area contributed by atoms with Crippen LogP contribution in [0.4, 0.5) is 0 Å². The monoisotopic (exact) mass is 370 g/mol. The predicted octanol–water partition coefficient (Wildman–Crippen LogP) is 2.51. The van der Waals surface area contributed by atoms with Crippen LogP contribution in [0.1, 0.15) is 42.6 Å². The Labute approximate surface area is 161 Å². The molecule has 146 valence electrons. The number of H-pyrrole nitrogens is 1. The van der Waals surface area contributed by atoms with Crippen LogP contribution in [0.5, 0.6) is 5.75 Å². The molecule has 0 bridgehead atoms. The Bertz CT molecular complexity index is 735. The lowest BCUT2D eigenvalue weighted by Gasteiger charge is -2.33. The lowest BCUT2D eigenvalue weighted by molar-refractivity contribution is 0.299. The Hall–Kier alpha value is -2.57. The third kappa shape index (κ3) is 4.99. The number of guanidine groups is 1. The van der Waals surface area contributed by atoms with E-state index in [1.165, 1.54) is 5.56 Å². The summed E-state index contributed by atoms with van der Waals surface area (Å²) in [6, 6.07) is 6.38. The van der Waals surface area contributed by atoms with Gasteiger partial charge in [-0.3, -0.25) is 10.1 Å². The van der Waals surface area contributed by atoms with Crippen molar-refractivity contribution in [3.63, 3.8) is 0 Å². The highest BCUT2D eigenvalue weighted by atomic mass is 16.5. The Kier molecular flexibility index (Phi) is 6.68. The van der Waals surface area contributed by atoms with Crippen molar-refractivity contribution in [3.05, 3.63) is 41.5 Å². The number of aromatic amines is 1. The molecule has 1 aromatic heterocycles. The standard InChI is InChI=1S/C20H30N6O/c1-4-21-20(22-10-7-16-6-5-15(2)18(13-16)27-3)26-11-8-17(9-12-26)19-23-14-24-25-19/h5-6,13-14,17H,4,7-12H2,1-3H3,(H,21,22)(H,23,24,25). The SMILES string of the molecule is CCNC(=NCCc1ccc(C)c(OC)c1)N1CCC(c2ncn[nH]2)CC1. The number of aryl methyl sites for hydroxylation is 1. The lowest BCUT2D eigenvalue weighted by atomic mass is 9.96. The predicted molar refractivity (Wildman–Crippen MR) is 107 cm³/mol. The molecule has 1 fully saturated rings. The Morgan fingerprint density at radius 3 is 2.85 bits per heavy atom. The average molecular weight is 371 g/mol. The molecule has 2 heterocycles. The maximum Gasteiger partial charge on any atom is 0.193 e. The van der Waals surface area contributed by atoms with Crippen LogP contribution < -0.4 is 10.1 Å². The zero-order chi connectivity index (χ0) is 19.1. The first-order chi connectivity index (χ1) is 13.2. The second kappa shape index (κ2) is 9.39. The van der Waals surface area contributed by atoms with E-state index in [-0.39, 0.29) is 0 Å². The van der Waals surface area contributed by atoms with E-state index in [0.717, 1.165) is 68.5 Å². The van der Waals surface area contributed by atoms with Crippen LogP contribution in [0, 0.1) is 6.92 Å². The summed E-state index contributed by atoms with van der Waals surface area (Å²) in [5.74, 6) is 3.42. The van der Waals surface area contributed by atoms with Crippen LogP contribution >= 0.6 is 0 Å². The molecule has 0 radical (unpaired) electrons. The molecule has 1 aliphatic heterocycles. The summed E-state index contributed by atoms with van der Waals surface area (Å²) < 4.78 is 5.42. The molecule has 7 heteroatoms. The average Bonchev–Trinajstić information content (AvgIpc) is 3.23. The smallest absolute Gasteiger partial charge is 0.193 e. The van der Waals surface area contributed by atoms with Crippen molar-refractivity contribution in [1.29, 1.82) is 0 Å². The molecule has 0 unspecified atom stereocenters. The largest absolute Gasteiger partial charge is 0.496 e. The molecular formula is C20H30N6O. The molecule has 1 saturated heterocycles. The molecule has 0 aliphatic carbocycles. The summed E-state index contributed by atoms with van der Waals surface area (Å²) in [6.07, 6.45) is 4.62. The van der Waals surface area contributed by atoms with Gasteiger partial charge in [-0.1, -0.05) is 12.1 Å². The van der Waals surface area contributed by atoms with Gasteiger partial charge in [-0.25, -0.2) is 4.98 Å². The van der Waals surface area contributed by atoms with E-state index in [2.05, 4.69) is 57.4 Å². The molecular weight excluding hydrogens is 340 g/mol. The minimum Gasteiger partial charge on any atom is -0.496 e. The van der Waals surface area contributed by atoms with Crippen molar-refractivity contribution in [2.75, 3.05) is 33.3 Å². The van der Waals surface area contributed by atoms with Crippen molar-refractivity contribution in [3.8, 4) is 5.75 Å². The highest BCUT2D eigenvalue weighted by molar-refractivity contribution is 5.80. The van der Waals surface area contributed by atoms with Crippen molar-refractivity contribution in [2.45, 2.75) is 39.0 Å². The number of nitrogens with zero attached hydrogens (tertiary/aromatic N) is 4. The molecule has 1 aromatic carbocycles. The highest BCUT2D eigenvalue weighted by Crippen LogP contribution is 2.25. The number of benzene rings is 1. The number of aliphatic imine (C=N–C) groups is 1. The molecule has 7 nitrogen and oxygen atoms in total. The zero-order valence-corrected chi connectivity index (χ0v) is 16.5. The molecule has 0 atom stereocenters. The zero-order valence-electron chi connectivity index (χ0n) is 16.5. The van der Waals surface area contributed by atoms with Gasteiger partial charge in [0, 0.05) is 32.1 Å². The number of aromatic nitrogens is 3. The van der Waals surface area contributed by atoms with Gasteiger partial charge in [0.15, 0.2) is 5.96 Å². The van der Waals surface area contributed by atoms with E-state index in [0.29, 0.717) is 5.92 Å². The Balaban J connectivity index is 1.57. The van der Waals surface area contributed by atoms with Crippen LogP contribution in [0.3, 0.4) is 0 Å². The van der Waals surface area contributed by atoms with Gasteiger partial charge < -0.3 is 15.0 Å². The number of piperidine rings is 1. The number of ether oxygens (including phenoxy) is 1. The number of nitrogens with one attached hydrogen (secondary N) is 2. The van der Waals surface area contributed by atoms with Gasteiger partial charge >= 0.3 is 0 Å². The van der Waals surface area contributed by atoms with Gasteiger partial charge in [0.1, 0.15) is 17.9 Å². The summed E-state index contributed by atoms with van der Waals surface area (Å²) >= 11 is 0. The van der Waals surface area contributed by atoms with E-state index in [4.69, 9.17) is 9.73 Å². The van der Waals surface area contributed by atoms with Gasteiger partial charge in [0.2, 0.25) is 0 Å². The van der Waals surface area contributed by atoms with Crippen molar-refractivity contribution in [1.82, 2.24) is 25.4 Å². The second-order valence-electron chi connectivity index (χ2n) is 6.92. The first-order valence-corrected chi connectivity index (χ1v) is 9.73. The van der Waals surface area contributed by atoms with E-state index >= 15 is 0 Å². The molecule has 2 aromatic rings. The van der Waals surface area contributed by atoms with Crippen LogP contribution in [-0.4, -0.2) is 59.3 Å². The molecule has 3 rings (SSSR count). The molecule has 27 heavy (non-hydrogen) atoms. The van der Waals surface area contributed by atoms with E-state index < -0.39 is 0 Å². The summed E-state index contributed by atoms with van der Waals surface area (Å²) in [6.45, 7) is 7.77. The Morgan fingerprint density at radius 2 is 2.19 bits per heavy atom. The Morgan fingerprint density at radius 1 is 1.37 bits per heavy atom. The number of likely N-dealkylation sites (tertiary alicyclic amines) is 1. The fourth-order valence-electron chi connectivity index (χ4n) is 3.51. The first kappa shape index (κ1) is 19.2. The first-order valence-electron chi connectivity index (χ1n) is 9.73. The summed E-state index contributed by atoms with van der Waals surface area (Å²) in [5.41, 5.74) is 2.41. The lowest BCUT2D eigenvalue weighted by Crippen LogP contribution is -2.45. The number of methoxy groups -OCH3 is 1. The number of hydrogen-bond donors (Lipinski definition) is 2. The highest BCUT2D eigenvalue weighted by Gasteiger charge is 2.24. The fourth-order valence-corrected chi connectivity index (χ4v) is 3.51. The normalized spacial score (nSPS) is 15.8. The molecule has 1 aliphatic rings. The van der Waals surface area contributed by atoms with Crippen molar-refractivity contribution >= 4 is 5.96 Å². The molecule has 0 saturated carbocycles. The third-order valence-electron chi connectivity index (χ3n) is 5.08. The summed E-state index contributed by atoms with van der Waals surface area (Å²) in [7, 11) is 1.72. The van der Waals surface area contributed by atoms with Gasteiger partial charge in [0.25, 0.3) is 0 Å². The van der Waals surface area contributed by atoms with Crippen LogP contribution in [0.25, 0.3) is 0 Å². The topological polar surface area (TPSA) is 78.4 Å². The molecule has 2 N–H and O–H groups in total. The fraction of sp³-hybridized carbons (Fsp3) is 0.550. The van der Waals surface area contributed by atoms with Crippen LogP contribution in [-0.2, 0) is 6.42 Å². The minimum absolute atomic E-state index is 0.464. The van der Waals surface area contributed by atoms with Crippen molar-refractivity contribution < 1.29 is 4.74 Å². The summed E-state index contributed by atoms with van der Waals surface area (Å²) in [5, 5.41) is 10.4. The van der Waals surface area contributed by atoms with Gasteiger partial charge in [-0.05, 0) is 50.3 Å². The quantitative estimate of drug-likeness (QED) is 0.603.